The molecule has 1 unspecified atom stereocenters. The fraction of sp³-hybridized carbons (Fsp3) is 0.500. The van der Waals surface area contributed by atoms with Gasteiger partial charge in [-0.1, -0.05) is 43.1 Å². The lowest BCUT2D eigenvalue weighted by Gasteiger charge is -2.18. The molecular weight excluding hydrogens is 229 g/mol. The lowest BCUT2D eigenvalue weighted by Crippen LogP contribution is -2.17. The summed E-state index contributed by atoms with van der Waals surface area (Å²) in [5.74, 6) is 0.672. The Hall–Kier alpha value is -0.400. The first-order valence-corrected chi connectivity index (χ1v) is 5.97. The Kier molecular flexibility index (Phi) is 4.75. The van der Waals surface area contributed by atoms with Crippen molar-refractivity contribution in [1.29, 1.82) is 0 Å². The van der Waals surface area contributed by atoms with Crippen LogP contribution in [0.15, 0.2) is 18.2 Å². The van der Waals surface area contributed by atoms with Crippen molar-refractivity contribution in [3.63, 3.8) is 0 Å². The SMILES string of the molecule is CC(C)CC(C)Nc1cccc(Cl)c1Cl. The van der Waals surface area contributed by atoms with Gasteiger partial charge >= 0.3 is 0 Å². The molecule has 0 bridgehead atoms. The van der Waals surface area contributed by atoms with Gasteiger partial charge in [0, 0.05) is 6.04 Å². The van der Waals surface area contributed by atoms with Gasteiger partial charge in [0.05, 0.1) is 15.7 Å². The summed E-state index contributed by atoms with van der Waals surface area (Å²) in [6, 6.07) is 6.05. The van der Waals surface area contributed by atoms with Gasteiger partial charge in [0.2, 0.25) is 0 Å². The van der Waals surface area contributed by atoms with Gasteiger partial charge in [-0.3, -0.25) is 0 Å². The number of hydrogen-bond donors (Lipinski definition) is 1. The Morgan fingerprint density at radius 3 is 2.47 bits per heavy atom. The van der Waals surface area contributed by atoms with E-state index in [-0.39, 0.29) is 0 Å². The van der Waals surface area contributed by atoms with Crippen LogP contribution in [-0.2, 0) is 0 Å². The lowest BCUT2D eigenvalue weighted by atomic mass is 10.1. The van der Waals surface area contributed by atoms with E-state index in [1.807, 2.05) is 12.1 Å². The van der Waals surface area contributed by atoms with E-state index in [2.05, 4.69) is 26.1 Å². The minimum absolute atomic E-state index is 0.404. The van der Waals surface area contributed by atoms with Gasteiger partial charge < -0.3 is 5.32 Å². The normalized spacial score (nSPS) is 12.9. The molecule has 1 aromatic carbocycles. The van der Waals surface area contributed by atoms with E-state index in [4.69, 9.17) is 23.2 Å². The molecular formula is C12H17Cl2N. The molecule has 0 aliphatic rings. The summed E-state index contributed by atoms with van der Waals surface area (Å²) in [5.41, 5.74) is 0.914. The number of benzene rings is 1. The molecule has 1 nitrogen and oxygen atoms in total. The van der Waals surface area contributed by atoms with Crippen LogP contribution in [0.3, 0.4) is 0 Å². The maximum absolute atomic E-state index is 6.08. The largest absolute Gasteiger partial charge is 0.381 e. The second-order valence-electron chi connectivity index (χ2n) is 4.28. The van der Waals surface area contributed by atoms with Crippen LogP contribution in [-0.4, -0.2) is 6.04 Å². The smallest absolute Gasteiger partial charge is 0.0823 e. The summed E-state index contributed by atoms with van der Waals surface area (Å²) < 4.78 is 0. The fourth-order valence-corrected chi connectivity index (χ4v) is 2.00. The molecule has 3 heteroatoms. The van der Waals surface area contributed by atoms with Crippen LogP contribution in [0.2, 0.25) is 10.0 Å². The Morgan fingerprint density at radius 2 is 1.87 bits per heavy atom. The van der Waals surface area contributed by atoms with Crippen LogP contribution in [0.4, 0.5) is 5.69 Å². The highest BCUT2D eigenvalue weighted by Crippen LogP contribution is 2.30. The number of halogens is 2. The summed E-state index contributed by atoms with van der Waals surface area (Å²) in [6.07, 6.45) is 1.11. The fourth-order valence-electron chi connectivity index (χ4n) is 1.65. The Bertz CT molecular complexity index is 323. The summed E-state index contributed by atoms with van der Waals surface area (Å²) in [7, 11) is 0. The van der Waals surface area contributed by atoms with E-state index in [0.29, 0.717) is 22.0 Å². The highest BCUT2D eigenvalue weighted by Gasteiger charge is 2.08. The maximum atomic E-state index is 6.08. The number of nitrogens with one attached hydrogen (secondary N) is 1. The van der Waals surface area contributed by atoms with Gasteiger partial charge in [0.1, 0.15) is 0 Å². The number of anilines is 1. The molecule has 0 radical (unpaired) electrons. The summed E-state index contributed by atoms with van der Waals surface area (Å²) in [4.78, 5) is 0. The first kappa shape index (κ1) is 12.7. The lowest BCUT2D eigenvalue weighted by molar-refractivity contribution is 0.540. The van der Waals surface area contributed by atoms with E-state index >= 15 is 0 Å². The average Bonchev–Trinajstić information content (AvgIpc) is 2.11. The topological polar surface area (TPSA) is 12.0 Å². The first-order valence-electron chi connectivity index (χ1n) is 5.21. The summed E-state index contributed by atoms with van der Waals surface area (Å²) in [5, 5.41) is 4.57. The molecule has 1 atom stereocenters. The predicted molar refractivity (Wildman–Crippen MR) is 69.0 cm³/mol. The van der Waals surface area contributed by atoms with Gasteiger partial charge in [-0.2, -0.15) is 0 Å². The quantitative estimate of drug-likeness (QED) is 0.801. The van der Waals surface area contributed by atoms with Gasteiger partial charge in [0.15, 0.2) is 0 Å². The molecule has 84 valence electrons. The first-order chi connectivity index (χ1) is 7.00. The molecule has 0 heterocycles. The monoisotopic (exact) mass is 245 g/mol. The molecule has 1 aromatic rings. The van der Waals surface area contributed by atoms with Crippen molar-refractivity contribution in [3.05, 3.63) is 28.2 Å². The molecule has 0 spiro atoms. The molecule has 1 N–H and O–H groups in total. The highest BCUT2D eigenvalue weighted by molar-refractivity contribution is 6.43. The Labute approximate surface area is 102 Å². The molecule has 0 saturated heterocycles. The zero-order valence-corrected chi connectivity index (χ0v) is 10.9. The van der Waals surface area contributed by atoms with Crippen LogP contribution in [0.5, 0.6) is 0 Å². The summed E-state index contributed by atoms with van der Waals surface area (Å²) in [6.45, 7) is 6.56. The van der Waals surface area contributed by atoms with E-state index in [0.717, 1.165) is 12.1 Å². The second-order valence-corrected chi connectivity index (χ2v) is 5.06. The van der Waals surface area contributed by atoms with Crippen molar-refractivity contribution < 1.29 is 0 Å². The molecule has 0 aromatic heterocycles. The van der Waals surface area contributed by atoms with Crippen LogP contribution in [0.1, 0.15) is 27.2 Å². The third-order valence-electron chi connectivity index (χ3n) is 2.18. The summed E-state index contributed by atoms with van der Waals surface area (Å²) >= 11 is 12.0. The van der Waals surface area contributed by atoms with Gasteiger partial charge in [0.25, 0.3) is 0 Å². The minimum Gasteiger partial charge on any atom is -0.381 e. The zero-order chi connectivity index (χ0) is 11.4. The minimum atomic E-state index is 0.404. The van der Waals surface area contributed by atoms with Crippen LogP contribution < -0.4 is 5.32 Å². The molecule has 1 rings (SSSR count). The van der Waals surface area contributed by atoms with E-state index in [1.165, 1.54) is 0 Å². The molecule has 0 saturated carbocycles. The molecule has 0 fully saturated rings. The van der Waals surface area contributed by atoms with Crippen LogP contribution in [0.25, 0.3) is 0 Å². The van der Waals surface area contributed by atoms with E-state index in [9.17, 15) is 0 Å². The van der Waals surface area contributed by atoms with Crippen molar-refractivity contribution >= 4 is 28.9 Å². The second kappa shape index (κ2) is 5.62. The van der Waals surface area contributed by atoms with Crippen LogP contribution >= 0.6 is 23.2 Å². The standard InChI is InChI=1S/C12H17Cl2N/c1-8(2)7-9(3)15-11-6-4-5-10(13)12(11)14/h4-6,8-9,15H,7H2,1-3H3. The van der Waals surface area contributed by atoms with Gasteiger partial charge in [-0.15, -0.1) is 0 Å². The van der Waals surface area contributed by atoms with Crippen molar-refractivity contribution in [2.45, 2.75) is 33.2 Å². The Morgan fingerprint density at radius 1 is 1.20 bits per heavy atom. The molecule has 0 amide bonds. The van der Waals surface area contributed by atoms with Gasteiger partial charge in [-0.05, 0) is 31.4 Å². The molecule has 0 aliphatic heterocycles. The predicted octanol–water partition coefficient (Wildman–Crippen LogP) is 4.84. The molecule has 0 aliphatic carbocycles. The van der Waals surface area contributed by atoms with Crippen molar-refractivity contribution in [2.24, 2.45) is 5.92 Å². The Balaban J connectivity index is 2.68. The number of hydrogen-bond acceptors (Lipinski definition) is 1. The van der Waals surface area contributed by atoms with E-state index < -0.39 is 0 Å². The zero-order valence-electron chi connectivity index (χ0n) is 9.35. The third-order valence-corrected chi connectivity index (χ3v) is 3.00. The van der Waals surface area contributed by atoms with Crippen molar-refractivity contribution in [1.82, 2.24) is 0 Å². The molecule has 15 heavy (non-hydrogen) atoms. The maximum Gasteiger partial charge on any atom is 0.0823 e. The third kappa shape index (κ3) is 3.92. The van der Waals surface area contributed by atoms with Gasteiger partial charge in [-0.25, -0.2) is 0 Å². The van der Waals surface area contributed by atoms with Crippen molar-refractivity contribution in [2.75, 3.05) is 5.32 Å². The average molecular weight is 246 g/mol. The van der Waals surface area contributed by atoms with Crippen LogP contribution in [0, 0.1) is 5.92 Å². The van der Waals surface area contributed by atoms with E-state index in [1.54, 1.807) is 6.07 Å². The van der Waals surface area contributed by atoms with Crippen molar-refractivity contribution in [3.8, 4) is 0 Å². The number of rotatable bonds is 4. The highest BCUT2D eigenvalue weighted by atomic mass is 35.5.